The fourth-order valence-electron chi connectivity index (χ4n) is 3.21. The molecule has 27 heavy (non-hydrogen) atoms. The predicted octanol–water partition coefficient (Wildman–Crippen LogP) is 2.46. The number of hydrogen-bond donors (Lipinski definition) is 1. The molecule has 1 aliphatic rings. The molecule has 1 saturated heterocycles. The summed E-state index contributed by atoms with van der Waals surface area (Å²) in [6, 6.07) is 15.6. The maximum absolute atomic E-state index is 12.3. The van der Waals surface area contributed by atoms with Gasteiger partial charge in [0.2, 0.25) is 5.91 Å². The quantitative estimate of drug-likeness (QED) is 0.813. The minimum atomic E-state index is 0.0152. The Labute approximate surface area is 160 Å². The molecule has 1 N–H and O–H groups in total. The molecule has 2 aromatic rings. The van der Waals surface area contributed by atoms with E-state index in [2.05, 4.69) is 27.2 Å². The zero-order chi connectivity index (χ0) is 19.1. The summed E-state index contributed by atoms with van der Waals surface area (Å²) in [5.41, 5.74) is 2.04. The summed E-state index contributed by atoms with van der Waals surface area (Å²) in [6.45, 7) is 5.00. The molecular formula is C21H27N3O3. The van der Waals surface area contributed by atoms with Gasteiger partial charge in [-0.05, 0) is 42.0 Å². The lowest BCUT2D eigenvalue weighted by molar-refractivity contribution is -0.117. The summed E-state index contributed by atoms with van der Waals surface area (Å²) in [6.07, 6.45) is 0. The van der Waals surface area contributed by atoms with Crippen molar-refractivity contribution in [3.63, 3.8) is 0 Å². The minimum absolute atomic E-state index is 0.0152. The molecule has 0 bridgehead atoms. The first-order valence-corrected chi connectivity index (χ1v) is 9.18. The summed E-state index contributed by atoms with van der Waals surface area (Å²) in [5, 5.41) is 2.94. The van der Waals surface area contributed by atoms with Crippen molar-refractivity contribution in [2.45, 2.75) is 6.54 Å². The third-order valence-electron chi connectivity index (χ3n) is 4.75. The zero-order valence-corrected chi connectivity index (χ0v) is 16.0. The van der Waals surface area contributed by atoms with Crippen LogP contribution in [0, 0.1) is 0 Å². The van der Waals surface area contributed by atoms with Crippen molar-refractivity contribution in [2.24, 2.45) is 0 Å². The number of piperazine rings is 1. The summed E-state index contributed by atoms with van der Waals surface area (Å²) < 4.78 is 10.4. The number of carbonyl (C=O) groups excluding carboxylic acids is 1. The number of nitrogens with one attached hydrogen (secondary N) is 1. The van der Waals surface area contributed by atoms with Gasteiger partial charge in [0, 0.05) is 38.4 Å². The SMILES string of the molecule is COc1ccc(NC(=O)CN2CCN(Cc3cccc(OC)c3)CC2)cc1. The lowest BCUT2D eigenvalue weighted by atomic mass is 10.2. The molecule has 0 atom stereocenters. The highest BCUT2D eigenvalue weighted by atomic mass is 16.5. The van der Waals surface area contributed by atoms with Crippen LogP contribution in [0.2, 0.25) is 0 Å². The van der Waals surface area contributed by atoms with E-state index in [9.17, 15) is 4.79 Å². The summed E-state index contributed by atoms with van der Waals surface area (Å²) in [4.78, 5) is 16.9. The minimum Gasteiger partial charge on any atom is -0.497 e. The molecular weight excluding hydrogens is 342 g/mol. The van der Waals surface area contributed by atoms with Crippen molar-refractivity contribution in [2.75, 3.05) is 52.3 Å². The number of anilines is 1. The smallest absolute Gasteiger partial charge is 0.238 e. The van der Waals surface area contributed by atoms with Gasteiger partial charge in [-0.1, -0.05) is 12.1 Å². The first-order chi connectivity index (χ1) is 13.2. The fourth-order valence-corrected chi connectivity index (χ4v) is 3.21. The van der Waals surface area contributed by atoms with Gasteiger partial charge in [-0.25, -0.2) is 0 Å². The van der Waals surface area contributed by atoms with Crippen LogP contribution < -0.4 is 14.8 Å². The van der Waals surface area contributed by atoms with E-state index in [1.165, 1.54) is 5.56 Å². The molecule has 144 valence electrons. The van der Waals surface area contributed by atoms with Gasteiger partial charge in [0.1, 0.15) is 11.5 Å². The Hall–Kier alpha value is -2.57. The molecule has 1 heterocycles. The zero-order valence-electron chi connectivity index (χ0n) is 16.0. The van der Waals surface area contributed by atoms with Crippen LogP contribution in [-0.4, -0.2) is 62.7 Å². The van der Waals surface area contributed by atoms with Crippen LogP contribution in [0.3, 0.4) is 0 Å². The second kappa shape index (κ2) is 9.39. The van der Waals surface area contributed by atoms with E-state index in [1.54, 1.807) is 14.2 Å². The molecule has 1 amide bonds. The summed E-state index contributed by atoms with van der Waals surface area (Å²) >= 11 is 0. The first-order valence-electron chi connectivity index (χ1n) is 9.18. The second-order valence-corrected chi connectivity index (χ2v) is 6.68. The highest BCUT2D eigenvalue weighted by Gasteiger charge is 2.19. The van der Waals surface area contributed by atoms with Crippen molar-refractivity contribution in [1.29, 1.82) is 0 Å². The topological polar surface area (TPSA) is 54.0 Å². The standard InChI is InChI=1S/C21H27N3O3/c1-26-19-8-6-18(7-9-19)22-21(25)16-24-12-10-23(11-13-24)15-17-4-3-5-20(14-17)27-2/h3-9,14H,10-13,15-16H2,1-2H3,(H,22,25). The summed E-state index contributed by atoms with van der Waals surface area (Å²) in [7, 11) is 3.32. The third kappa shape index (κ3) is 5.70. The first kappa shape index (κ1) is 19.2. The average Bonchev–Trinajstić information content (AvgIpc) is 2.70. The molecule has 0 aliphatic carbocycles. The van der Waals surface area contributed by atoms with Gasteiger partial charge in [-0.3, -0.25) is 14.6 Å². The number of hydrogen-bond acceptors (Lipinski definition) is 5. The van der Waals surface area contributed by atoms with Crippen LogP contribution in [-0.2, 0) is 11.3 Å². The van der Waals surface area contributed by atoms with E-state index in [0.29, 0.717) is 6.54 Å². The Balaban J connectivity index is 1.42. The van der Waals surface area contributed by atoms with Crippen LogP contribution in [0.4, 0.5) is 5.69 Å². The molecule has 0 saturated carbocycles. The molecule has 3 rings (SSSR count). The molecule has 1 aliphatic heterocycles. The Bertz CT molecular complexity index is 741. The van der Waals surface area contributed by atoms with Crippen molar-refractivity contribution in [3.05, 3.63) is 54.1 Å². The molecule has 0 unspecified atom stereocenters. The van der Waals surface area contributed by atoms with Gasteiger partial charge in [0.25, 0.3) is 0 Å². The van der Waals surface area contributed by atoms with E-state index in [-0.39, 0.29) is 5.91 Å². The van der Waals surface area contributed by atoms with Gasteiger partial charge < -0.3 is 14.8 Å². The lowest BCUT2D eigenvalue weighted by Gasteiger charge is -2.34. The molecule has 6 heteroatoms. The molecule has 1 fully saturated rings. The fraction of sp³-hybridized carbons (Fsp3) is 0.381. The Morgan fingerprint density at radius 1 is 0.926 bits per heavy atom. The van der Waals surface area contributed by atoms with Gasteiger partial charge >= 0.3 is 0 Å². The van der Waals surface area contributed by atoms with Crippen molar-refractivity contribution >= 4 is 11.6 Å². The molecule has 0 spiro atoms. The number of carbonyl (C=O) groups is 1. The largest absolute Gasteiger partial charge is 0.497 e. The predicted molar refractivity (Wildman–Crippen MR) is 106 cm³/mol. The molecule has 2 aromatic carbocycles. The molecule has 6 nitrogen and oxygen atoms in total. The number of rotatable bonds is 7. The molecule has 0 aromatic heterocycles. The van der Waals surface area contributed by atoms with E-state index in [0.717, 1.165) is 49.9 Å². The normalized spacial score (nSPS) is 15.3. The maximum atomic E-state index is 12.3. The number of methoxy groups -OCH3 is 2. The van der Waals surface area contributed by atoms with Crippen LogP contribution in [0.5, 0.6) is 11.5 Å². The number of amides is 1. The number of benzene rings is 2. The van der Waals surface area contributed by atoms with Crippen LogP contribution in [0.15, 0.2) is 48.5 Å². The van der Waals surface area contributed by atoms with Crippen molar-refractivity contribution in [1.82, 2.24) is 9.80 Å². The van der Waals surface area contributed by atoms with E-state index < -0.39 is 0 Å². The summed E-state index contributed by atoms with van der Waals surface area (Å²) in [5.74, 6) is 1.68. The van der Waals surface area contributed by atoms with Crippen molar-refractivity contribution in [3.8, 4) is 11.5 Å². The number of ether oxygens (including phenoxy) is 2. The van der Waals surface area contributed by atoms with Gasteiger partial charge in [0.15, 0.2) is 0 Å². The van der Waals surface area contributed by atoms with Crippen LogP contribution in [0.1, 0.15) is 5.56 Å². The van der Waals surface area contributed by atoms with Crippen molar-refractivity contribution < 1.29 is 14.3 Å². The lowest BCUT2D eigenvalue weighted by Crippen LogP contribution is -2.48. The third-order valence-corrected chi connectivity index (χ3v) is 4.75. The highest BCUT2D eigenvalue weighted by molar-refractivity contribution is 5.92. The number of nitrogens with zero attached hydrogens (tertiary/aromatic N) is 2. The van der Waals surface area contributed by atoms with E-state index in [1.807, 2.05) is 36.4 Å². The highest BCUT2D eigenvalue weighted by Crippen LogP contribution is 2.16. The van der Waals surface area contributed by atoms with Gasteiger partial charge in [-0.15, -0.1) is 0 Å². The van der Waals surface area contributed by atoms with Gasteiger partial charge in [-0.2, -0.15) is 0 Å². The Morgan fingerprint density at radius 3 is 2.26 bits per heavy atom. The van der Waals surface area contributed by atoms with Crippen LogP contribution in [0.25, 0.3) is 0 Å². The second-order valence-electron chi connectivity index (χ2n) is 6.68. The monoisotopic (exact) mass is 369 g/mol. The maximum Gasteiger partial charge on any atom is 0.238 e. The Morgan fingerprint density at radius 2 is 1.59 bits per heavy atom. The average molecular weight is 369 g/mol. The van der Waals surface area contributed by atoms with E-state index >= 15 is 0 Å². The van der Waals surface area contributed by atoms with Gasteiger partial charge in [0.05, 0.1) is 20.8 Å². The van der Waals surface area contributed by atoms with E-state index in [4.69, 9.17) is 9.47 Å². The Kier molecular flexibility index (Phi) is 6.68. The molecule has 0 radical (unpaired) electrons. The van der Waals surface area contributed by atoms with Crippen LogP contribution >= 0.6 is 0 Å².